The molecule has 1 N–H and O–H groups in total. The van der Waals surface area contributed by atoms with Gasteiger partial charge in [-0.25, -0.2) is 0 Å². The Morgan fingerprint density at radius 2 is 1.73 bits per heavy atom. The average Bonchev–Trinajstić information content (AvgIpc) is 2.44. The molecule has 0 unspecified atom stereocenters. The summed E-state index contributed by atoms with van der Waals surface area (Å²) in [6.07, 6.45) is 1.01. The molecule has 0 aromatic rings. The second-order valence-corrected chi connectivity index (χ2v) is 1.98. The van der Waals surface area contributed by atoms with Gasteiger partial charge in [-0.2, -0.15) is 0 Å². The molecule has 0 spiro atoms. The molecule has 1 amide bonds. The van der Waals surface area contributed by atoms with Crippen LogP contribution in [0.2, 0.25) is 0 Å². The van der Waals surface area contributed by atoms with Crippen molar-refractivity contribution in [1.29, 1.82) is 0 Å². The van der Waals surface area contributed by atoms with Crippen LogP contribution in [0.25, 0.3) is 0 Å². The molecular formula is C9H21NO. The Morgan fingerprint density at radius 1 is 1.27 bits per heavy atom. The Balaban J connectivity index is 0. The van der Waals surface area contributed by atoms with Crippen molar-refractivity contribution in [1.82, 2.24) is 5.32 Å². The van der Waals surface area contributed by atoms with E-state index in [0.29, 0.717) is 0 Å². The minimum Gasteiger partial charge on any atom is -0.356 e. The summed E-state index contributed by atoms with van der Waals surface area (Å²) in [7, 11) is 0. The molecule has 0 aromatic carbocycles. The van der Waals surface area contributed by atoms with E-state index in [4.69, 9.17) is 0 Å². The predicted molar refractivity (Wildman–Crippen MR) is 49.5 cm³/mol. The topological polar surface area (TPSA) is 29.1 Å². The van der Waals surface area contributed by atoms with Crippen molar-refractivity contribution >= 4 is 5.91 Å². The zero-order chi connectivity index (χ0) is 9.28. The molecule has 1 rings (SSSR count). The van der Waals surface area contributed by atoms with E-state index < -0.39 is 0 Å². The van der Waals surface area contributed by atoms with Gasteiger partial charge in [0.2, 0.25) is 5.91 Å². The minimum atomic E-state index is 0.208. The Morgan fingerprint density at radius 3 is 1.82 bits per heavy atom. The first kappa shape index (κ1) is 13.1. The first-order chi connectivity index (χ1) is 5.30. The Kier molecular flexibility index (Phi) is 11.3. The zero-order valence-electron chi connectivity index (χ0n) is 8.40. The highest BCUT2D eigenvalue weighted by atomic mass is 16.2. The Bertz CT molecular complexity index is 91.6. The smallest absolute Gasteiger partial charge is 0.222 e. The Labute approximate surface area is 70.4 Å². The van der Waals surface area contributed by atoms with Crippen LogP contribution in [-0.4, -0.2) is 12.5 Å². The number of nitrogens with one attached hydrogen (secondary N) is 1. The fourth-order valence-electron chi connectivity index (χ4n) is 0.717. The molecule has 1 fully saturated rings. The van der Waals surface area contributed by atoms with Gasteiger partial charge in [0.05, 0.1) is 0 Å². The van der Waals surface area contributed by atoms with Crippen LogP contribution in [0.1, 0.15) is 41.0 Å². The van der Waals surface area contributed by atoms with Crippen molar-refractivity contribution in [2.24, 2.45) is 5.92 Å². The first-order valence-electron chi connectivity index (χ1n) is 4.58. The highest BCUT2D eigenvalue weighted by molar-refractivity contribution is 5.80. The van der Waals surface area contributed by atoms with Gasteiger partial charge < -0.3 is 5.32 Å². The largest absolute Gasteiger partial charge is 0.356 e. The first-order valence-corrected chi connectivity index (χ1v) is 4.58. The molecule has 1 aliphatic rings. The number of hydrogen-bond donors (Lipinski definition) is 1. The van der Waals surface area contributed by atoms with Crippen molar-refractivity contribution in [3.8, 4) is 0 Å². The number of carbonyl (C=O) groups excluding carboxylic acids is 1. The molecule has 1 heterocycles. The number of carbonyl (C=O) groups is 1. The maximum absolute atomic E-state index is 10.5. The van der Waals surface area contributed by atoms with Gasteiger partial charge in [-0.3, -0.25) is 4.79 Å². The second kappa shape index (κ2) is 9.47. The van der Waals surface area contributed by atoms with Crippen molar-refractivity contribution in [3.63, 3.8) is 0 Å². The zero-order valence-corrected chi connectivity index (χ0v) is 8.40. The summed E-state index contributed by atoms with van der Waals surface area (Å²) in [6, 6.07) is 0. The third-order valence-electron chi connectivity index (χ3n) is 1.32. The number of amides is 1. The van der Waals surface area contributed by atoms with Crippen LogP contribution in [0, 0.1) is 5.92 Å². The van der Waals surface area contributed by atoms with E-state index in [9.17, 15) is 4.79 Å². The molecule has 1 aliphatic heterocycles. The fraction of sp³-hybridized carbons (Fsp3) is 0.889. The van der Waals surface area contributed by atoms with Crippen LogP contribution in [0.5, 0.6) is 0 Å². The van der Waals surface area contributed by atoms with E-state index in [2.05, 4.69) is 5.32 Å². The van der Waals surface area contributed by atoms with Crippen molar-refractivity contribution < 1.29 is 4.79 Å². The summed E-state index contributed by atoms with van der Waals surface area (Å²) >= 11 is 0. The molecule has 1 atom stereocenters. The minimum absolute atomic E-state index is 0.208. The molecule has 0 aromatic heterocycles. The van der Waals surface area contributed by atoms with Crippen molar-refractivity contribution in [3.05, 3.63) is 0 Å². The quantitative estimate of drug-likeness (QED) is 0.577. The SMILES string of the molecule is CC.CC.C[C@@H]1CCNC1=O. The van der Waals surface area contributed by atoms with Gasteiger partial charge in [0.15, 0.2) is 0 Å². The van der Waals surface area contributed by atoms with Gasteiger partial charge in [0.1, 0.15) is 0 Å². The molecule has 68 valence electrons. The molecular weight excluding hydrogens is 138 g/mol. The number of rotatable bonds is 0. The standard InChI is InChI=1S/C5H9NO.2C2H6/c1-4-2-3-6-5(4)7;2*1-2/h4H,2-3H2,1H3,(H,6,7);2*1-2H3/t4-;;/m1../s1. The average molecular weight is 159 g/mol. The summed E-state index contributed by atoms with van der Waals surface area (Å²) < 4.78 is 0. The lowest BCUT2D eigenvalue weighted by atomic mass is 10.1. The second-order valence-electron chi connectivity index (χ2n) is 1.98. The molecule has 1 saturated heterocycles. The normalized spacial score (nSPS) is 20.5. The monoisotopic (exact) mass is 159 g/mol. The number of hydrogen-bond acceptors (Lipinski definition) is 1. The fourth-order valence-corrected chi connectivity index (χ4v) is 0.717. The van der Waals surface area contributed by atoms with Gasteiger partial charge in [-0.05, 0) is 6.42 Å². The molecule has 2 nitrogen and oxygen atoms in total. The van der Waals surface area contributed by atoms with E-state index >= 15 is 0 Å². The molecule has 0 bridgehead atoms. The van der Waals surface area contributed by atoms with Gasteiger partial charge >= 0.3 is 0 Å². The summed E-state index contributed by atoms with van der Waals surface area (Å²) in [5, 5.41) is 2.73. The third kappa shape index (κ3) is 5.89. The summed E-state index contributed by atoms with van der Waals surface area (Å²) in [5.74, 6) is 0.472. The molecule has 0 aliphatic carbocycles. The molecule has 11 heavy (non-hydrogen) atoms. The van der Waals surface area contributed by atoms with Gasteiger partial charge in [-0.1, -0.05) is 34.6 Å². The molecule has 0 saturated carbocycles. The van der Waals surface area contributed by atoms with Gasteiger partial charge in [0.25, 0.3) is 0 Å². The summed E-state index contributed by atoms with van der Waals surface area (Å²) in [4.78, 5) is 10.5. The van der Waals surface area contributed by atoms with Gasteiger partial charge in [-0.15, -0.1) is 0 Å². The van der Waals surface area contributed by atoms with Crippen molar-refractivity contribution in [2.45, 2.75) is 41.0 Å². The van der Waals surface area contributed by atoms with E-state index in [1.807, 2.05) is 34.6 Å². The highest BCUT2D eigenvalue weighted by Crippen LogP contribution is 2.05. The Hall–Kier alpha value is -0.530. The van der Waals surface area contributed by atoms with E-state index in [-0.39, 0.29) is 11.8 Å². The van der Waals surface area contributed by atoms with Crippen LogP contribution < -0.4 is 5.32 Å². The third-order valence-corrected chi connectivity index (χ3v) is 1.32. The predicted octanol–water partition coefficient (Wildman–Crippen LogP) is 2.19. The van der Waals surface area contributed by atoms with E-state index in [1.165, 1.54) is 0 Å². The van der Waals surface area contributed by atoms with E-state index in [0.717, 1.165) is 13.0 Å². The van der Waals surface area contributed by atoms with Crippen LogP contribution in [0.4, 0.5) is 0 Å². The van der Waals surface area contributed by atoms with Crippen molar-refractivity contribution in [2.75, 3.05) is 6.54 Å². The van der Waals surface area contributed by atoms with Crippen LogP contribution in [-0.2, 0) is 4.79 Å². The summed E-state index contributed by atoms with van der Waals surface area (Å²) in [5.41, 5.74) is 0. The molecule has 2 heteroatoms. The van der Waals surface area contributed by atoms with Crippen LogP contribution >= 0.6 is 0 Å². The van der Waals surface area contributed by atoms with Gasteiger partial charge in [0, 0.05) is 12.5 Å². The van der Waals surface area contributed by atoms with E-state index in [1.54, 1.807) is 0 Å². The summed E-state index contributed by atoms with van der Waals surface area (Å²) in [6.45, 7) is 10.8. The van der Waals surface area contributed by atoms with Crippen LogP contribution in [0.15, 0.2) is 0 Å². The lowest BCUT2D eigenvalue weighted by molar-refractivity contribution is -0.121. The lowest BCUT2D eigenvalue weighted by Crippen LogP contribution is -2.16. The highest BCUT2D eigenvalue weighted by Gasteiger charge is 2.17. The lowest BCUT2D eigenvalue weighted by Gasteiger charge is -1.90. The van der Waals surface area contributed by atoms with Crippen LogP contribution in [0.3, 0.4) is 0 Å². The maximum Gasteiger partial charge on any atom is 0.222 e. The maximum atomic E-state index is 10.5. The molecule has 0 radical (unpaired) electrons.